The number of aromatic nitrogens is 2. The Bertz CT molecular complexity index is 1170. The van der Waals surface area contributed by atoms with E-state index in [4.69, 9.17) is 21.3 Å². The molecule has 2 aromatic carbocycles. The molecule has 0 atom stereocenters. The molecule has 8 heteroatoms. The zero-order valence-electron chi connectivity index (χ0n) is 17.4. The quantitative estimate of drug-likeness (QED) is 0.565. The van der Waals surface area contributed by atoms with Gasteiger partial charge in [-0.25, -0.2) is 9.37 Å². The molecule has 3 aromatic rings. The first-order valence-corrected chi connectivity index (χ1v) is 11.1. The van der Waals surface area contributed by atoms with Gasteiger partial charge < -0.3 is 14.5 Å². The average molecular weight is 453 g/mol. The first kappa shape index (κ1) is 20.7. The van der Waals surface area contributed by atoms with Crippen molar-refractivity contribution < 1.29 is 13.9 Å². The average Bonchev–Trinajstić information content (AvgIpc) is 3.35. The highest BCUT2D eigenvalue weighted by Crippen LogP contribution is 2.33. The highest BCUT2D eigenvalue weighted by molar-refractivity contribution is 6.33. The minimum Gasteiger partial charge on any atom is -0.435 e. The zero-order valence-corrected chi connectivity index (χ0v) is 18.2. The summed E-state index contributed by atoms with van der Waals surface area (Å²) < 4.78 is 20.3. The third-order valence-electron chi connectivity index (χ3n) is 5.83. The molecule has 6 nitrogen and oxygen atoms in total. The van der Waals surface area contributed by atoms with Gasteiger partial charge in [-0.05, 0) is 37.1 Å². The van der Waals surface area contributed by atoms with Gasteiger partial charge in [0.2, 0.25) is 11.8 Å². The summed E-state index contributed by atoms with van der Waals surface area (Å²) in [5.74, 6) is 0.344. The molecule has 1 saturated heterocycles. The SMILES string of the molecule is O=C(c1ccccc1Cl)N1CCc2nc(N3CCCC3)nc(Oc3ccccc3F)c2C1. The second-order valence-electron chi connectivity index (χ2n) is 7.94. The largest absolute Gasteiger partial charge is 0.435 e. The molecular formula is C24H22ClFN4O2. The van der Waals surface area contributed by atoms with Crippen LogP contribution in [0.5, 0.6) is 11.6 Å². The number of hydrogen-bond acceptors (Lipinski definition) is 5. The molecule has 0 N–H and O–H groups in total. The van der Waals surface area contributed by atoms with E-state index < -0.39 is 5.82 Å². The summed E-state index contributed by atoms with van der Waals surface area (Å²) in [4.78, 5) is 26.4. The second kappa shape index (κ2) is 8.74. The Morgan fingerprint density at radius 2 is 1.75 bits per heavy atom. The van der Waals surface area contributed by atoms with Crippen molar-refractivity contribution in [3.05, 3.63) is 76.2 Å². The topological polar surface area (TPSA) is 58.6 Å². The fraction of sp³-hybridized carbons (Fsp3) is 0.292. The van der Waals surface area contributed by atoms with Crippen molar-refractivity contribution in [2.45, 2.75) is 25.8 Å². The number of para-hydroxylation sites is 1. The standard InChI is InChI=1S/C24H22ClFN4O2/c25-18-8-2-1-7-16(18)23(31)30-14-11-20-17(15-30)22(32-21-10-4-3-9-19(21)26)28-24(27-20)29-12-5-6-13-29/h1-4,7-10H,5-6,11-15H2. The van der Waals surface area contributed by atoms with Gasteiger partial charge in [0.1, 0.15) is 0 Å². The van der Waals surface area contributed by atoms with Crippen LogP contribution < -0.4 is 9.64 Å². The summed E-state index contributed by atoms with van der Waals surface area (Å²) in [6.45, 7) is 2.54. The third kappa shape index (κ3) is 4.00. The maximum Gasteiger partial charge on any atom is 0.255 e. The fourth-order valence-corrected chi connectivity index (χ4v) is 4.34. The molecule has 2 aliphatic rings. The summed E-state index contributed by atoms with van der Waals surface area (Å²) in [7, 11) is 0. The molecule has 0 radical (unpaired) electrons. The van der Waals surface area contributed by atoms with E-state index in [9.17, 15) is 9.18 Å². The Kier molecular flexibility index (Phi) is 5.66. The Morgan fingerprint density at radius 3 is 2.53 bits per heavy atom. The van der Waals surface area contributed by atoms with E-state index in [0.717, 1.165) is 31.6 Å². The number of ether oxygens (including phenoxy) is 1. The lowest BCUT2D eigenvalue weighted by Crippen LogP contribution is -2.37. The van der Waals surface area contributed by atoms with Gasteiger partial charge in [-0.2, -0.15) is 4.98 Å². The highest BCUT2D eigenvalue weighted by atomic mass is 35.5. The van der Waals surface area contributed by atoms with E-state index in [-0.39, 0.29) is 18.2 Å². The van der Waals surface area contributed by atoms with Crippen LogP contribution in [0, 0.1) is 5.82 Å². The van der Waals surface area contributed by atoms with Crippen LogP contribution in [0.4, 0.5) is 10.3 Å². The van der Waals surface area contributed by atoms with Gasteiger partial charge >= 0.3 is 0 Å². The summed E-state index contributed by atoms with van der Waals surface area (Å²) >= 11 is 6.24. The Morgan fingerprint density at radius 1 is 1.00 bits per heavy atom. The van der Waals surface area contributed by atoms with Crippen molar-refractivity contribution in [3.8, 4) is 11.6 Å². The molecule has 164 valence electrons. The molecule has 0 bridgehead atoms. The van der Waals surface area contributed by atoms with Crippen LogP contribution in [0.1, 0.15) is 34.5 Å². The number of carbonyl (C=O) groups excluding carboxylic acids is 1. The molecule has 0 aliphatic carbocycles. The number of benzene rings is 2. The van der Waals surface area contributed by atoms with E-state index >= 15 is 0 Å². The van der Waals surface area contributed by atoms with Crippen molar-refractivity contribution in [2.75, 3.05) is 24.5 Å². The van der Waals surface area contributed by atoms with Crippen molar-refractivity contribution in [3.63, 3.8) is 0 Å². The number of rotatable bonds is 4. The van der Waals surface area contributed by atoms with Crippen LogP contribution >= 0.6 is 11.6 Å². The number of fused-ring (bicyclic) bond motifs is 1. The molecule has 1 fully saturated rings. The number of anilines is 1. The Labute approximate surface area is 190 Å². The predicted octanol–water partition coefficient (Wildman–Crippen LogP) is 4.86. The first-order chi connectivity index (χ1) is 15.6. The molecule has 0 unspecified atom stereocenters. The van der Waals surface area contributed by atoms with Gasteiger partial charge in [0.15, 0.2) is 11.6 Å². The second-order valence-corrected chi connectivity index (χ2v) is 8.34. The maximum absolute atomic E-state index is 14.3. The molecule has 1 amide bonds. The smallest absolute Gasteiger partial charge is 0.255 e. The lowest BCUT2D eigenvalue weighted by Gasteiger charge is -2.30. The van der Waals surface area contributed by atoms with Gasteiger partial charge in [0.05, 0.1) is 28.4 Å². The van der Waals surface area contributed by atoms with E-state index in [0.29, 0.717) is 40.9 Å². The van der Waals surface area contributed by atoms with Crippen LogP contribution in [0.2, 0.25) is 5.02 Å². The molecule has 0 saturated carbocycles. The molecule has 32 heavy (non-hydrogen) atoms. The van der Waals surface area contributed by atoms with Crippen LogP contribution in [0.3, 0.4) is 0 Å². The molecule has 3 heterocycles. The number of nitrogens with zero attached hydrogens (tertiary/aromatic N) is 4. The molecule has 5 rings (SSSR count). The first-order valence-electron chi connectivity index (χ1n) is 10.7. The Hall–Kier alpha value is -3.19. The fourth-order valence-electron chi connectivity index (χ4n) is 4.12. The van der Waals surface area contributed by atoms with Gasteiger partial charge in [-0.1, -0.05) is 35.9 Å². The Balaban J connectivity index is 1.51. The van der Waals surface area contributed by atoms with Crippen molar-refractivity contribution in [1.29, 1.82) is 0 Å². The van der Waals surface area contributed by atoms with Crippen molar-refractivity contribution in [2.24, 2.45) is 0 Å². The highest BCUT2D eigenvalue weighted by Gasteiger charge is 2.29. The van der Waals surface area contributed by atoms with Crippen LogP contribution in [0.15, 0.2) is 48.5 Å². The van der Waals surface area contributed by atoms with Crippen LogP contribution in [-0.4, -0.2) is 40.4 Å². The molecule has 0 spiro atoms. The van der Waals surface area contributed by atoms with Crippen LogP contribution in [0.25, 0.3) is 0 Å². The van der Waals surface area contributed by atoms with E-state index in [2.05, 4.69) is 9.88 Å². The number of halogens is 2. The van der Waals surface area contributed by atoms with Crippen molar-refractivity contribution in [1.82, 2.24) is 14.9 Å². The van der Waals surface area contributed by atoms with Gasteiger partial charge in [0, 0.05) is 26.1 Å². The maximum atomic E-state index is 14.3. The van der Waals surface area contributed by atoms with Gasteiger partial charge in [-0.15, -0.1) is 0 Å². The predicted molar refractivity (Wildman–Crippen MR) is 120 cm³/mol. The molecule has 1 aromatic heterocycles. The minimum atomic E-state index is -0.470. The summed E-state index contributed by atoms with van der Waals surface area (Å²) in [5, 5.41) is 0.409. The van der Waals surface area contributed by atoms with E-state index in [1.54, 1.807) is 47.4 Å². The van der Waals surface area contributed by atoms with Crippen LogP contribution in [-0.2, 0) is 13.0 Å². The monoisotopic (exact) mass is 452 g/mol. The van der Waals surface area contributed by atoms with E-state index in [1.165, 1.54) is 6.07 Å². The summed E-state index contributed by atoms with van der Waals surface area (Å²) in [5.41, 5.74) is 1.98. The summed E-state index contributed by atoms with van der Waals surface area (Å²) in [6, 6.07) is 13.2. The van der Waals surface area contributed by atoms with Gasteiger partial charge in [0.25, 0.3) is 5.91 Å². The normalized spacial score (nSPS) is 15.6. The molecule has 2 aliphatic heterocycles. The zero-order chi connectivity index (χ0) is 22.1. The van der Waals surface area contributed by atoms with Gasteiger partial charge in [-0.3, -0.25) is 4.79 Å². The minimum absolute atomic E-state index is 0.0929. The third-order valence-corrected chi connectivity index (χ3v) is 6.16. The number of hydrogen-bond donors (Lipinski definition) is 0. The number of amides is 1. The molecular weight excluding hydrogens is 431 g/mol. The lowest BCUT2D eigenvalue weighted by molar-refractivity contribution is 0.0732. The number of carbonyl (C=O) groups is 1. The lowest BCUT2D eigenvalue weighted by atomic mass is 10.1. The summed E-state index contributed by atoms with van der Waals surface area (Å²) in [6.07, 6.45) is 2.73. The van der Waals surface area contributed by atoms with E-state index in [1.807, 2.05) is 0 Å². The van der Waals surface area contributed by atoms with Crippen molar-refractivity contribution >= 4 is 23.5 Å².